The molecular formula is C10H9BrN4O. The van der Waals surface area contributed by atoms with Crippen molar-refractivity contribution in [1.82, 2.24) is 14.8 Å². The second kappa shape index (κ2) is 4.05. The molecule has 2 aromatic heterocycles. The van der Waals surface area contributed by atoms with Gasteiger partial charge in [0.05, 0.1) is 4.47 Å². The first-order valence-electron chi connectivity index (χ1n) is 4.56. The summed E-state index contributed by atoms with van der Waals surface area (Å²) < 4.78 is 2.32. The largest absolute Gasteiger partial charge is 0.364 e. The number of nitrogens with two attached hydrogens (primary N) is 1. The van der Waals surface area contributed by atoms with Crippen LogP contribution in [0.5, 0.6) is 0 Å². The Morgan fingerprint density at radius 1 is 1.56 bits per heavy atom. The van der Waals surface area contributed by atoms with Crippen LogP contribution in [0.2, 0.25) is 0 Å². The number of pyridine rings is 1. The van der Waals surface area contributed by atoms with Crippen molar-refractivity contribution in [1.29, 1.82) is 0 Å². The van der Waals surface area contributed by atoms with Crippen LogP contribution >= 0.6 is 15.9 Å². The second-order valence-electron chi connectivity index (χ2n) is 3.33. The number of hydrogen-bond acceptors (Lipinski definition) is 3. The van der Waals surface area contributed by atoms with Gasteiger partial charge in [-0.25, -0.2) is 9.67 Å². The van der Waals surface area contributed by atoms with Gasteiger partial charge in [-0.15, -0.1) is 0 Å². The number of amides is 1. The Morgan fingerprint density at radius 2 is 2.31 bits per heavy atom. The van der Waals surface area contributed by atoms with E-state index in [1.807, 2.05) is 13.0 Å². The number of rotatable bonds is 2. The van der Waals surface area contributed by atoms with E-state index < -0.39 is 5.91 Å². The molecule has 2 N–H and O–H groups in total. The molecule has 2 rings (SSSR count). The van der Waals surface area contributed by atoms with Gasteiger partial charge in [0, 0.05) is 12.4 Å². The Hall–Kier alpha value is -1.69. The van der Waals surface area contributed by atoms with E-state index in [2.05, 4.69) is 26.0 Å². The quantitative estimate of drug-likeness (QED) is 0.905. The maximum absolute atomic E-state index is 10.9. The van der Waals surface area contributed by atoms with Crippen LogP contribution in [0, 0.1) is 6.92 Å². The highest BCUT2D eigenvalue weighted by Crippen LogP contribution is 2.19. The van der Waals surface area contributed by atoms with Gasteiger partial charge in [-0.3, -0.25) is 4.79 Å². The molecule has 0 atom stereocenters. The minimum atomic E-state index is -0.554. The smallest absolute Gasteiger partial charge is 0.269 e. The molecule has 82 valence electrons. The summed E-state index contributed by atoms with van der Waals surface area (Å²) in [6.07, 6.45) is 3.37. The molecule has 2 aromatic rings. The number of hydrogen-bond donors (Lipinski definition) is 1. The number of aromatic nitrogens is 3. The molecule has 0 radical (unpaired) electrons. The third-order valence-corrected chi connectivity index (χ3v) is 2.60. The predicted molar refractivity (Wildman–Crippen MR) is 62.3 cm³/mol. The fraction of sp³-hybridized carbons (Fsp3) is 0.100. The normalized spacial score (nSPS) is 10.4. The molecule has 0 saturated heterocycles. The Balaban J connectivity index is 2.46. The van der Waals surface area contributed by atoms with Crippen molar-refractivity contribution >= 4 is 21.8 Å². The molecule has 0 unspecified atom stereocenters. The zero-order chi connectivity index (χ0) is 11.7. The lowest BCUT2D eigenvalue weighted by molar-refractivity contribution is 0.0995. The zero-order valence-electron chi connectivity index (χ0n) is 8.51. The van der Waals surface area contributed by atoms with Crippen molar-refractivity contribution in [2.24, 2.45) is 5.73 Å². The van der Waals surface area contributed by atoms with Crippen LogP contribution < -0.4 is 5.73 Å². The van der Waals surface area contributed by atoms with E-state index in [-0.39, 0.29) is 5.69 Å². The Morgan fingerprint density at radius 3 is 2.88 bits per heavy atom. The Bertz CT molecular complexity index is 550. The number of carbonyl (C=O) groups excluding carboxylic acids is 1. The first kappa shape index (κ1) is 10.8. The van der Waals surface area contributed by atoms with E-state index in [0.717, 1.165) is 10.0 Å². The maximum Gasteiger partial charge on any atom is 0.269 e. The molecule has 0 fully saturated rings. The summed E-state index contributed by atoms with van der Waals surface area (Å²) in [5.74, 6) is 0.0695. The van der Waals surface area contributed by atoms with Gasteiger partial charge in [0.25, 0.3) is 5.91 Å². The highest BCUT2D eigenvalue weighted by Gasteiger charge is 2.09. The van der Waals surface area contributed by atoms with Gasteiger partial charge in [0.2, 0.25) is 0 Å². The van der Waals surface area contributed by atoms with E-state index in [9.17, 15) is 4.79 Å². The fourth-order valence-electron chi connectivity index (χ4n) is 1.27. The summed E-state index contributed by atoms with van der Waals surface area (Å²) in [4.78, 5) is 15.1. The van der Waals surface area contributed by atoms with Gasteiger partial charge in [-0.05, 0) is 40.5 Å². The zero-order valence-corrected chi connectivity index (χ0v) is 10.1. The molecule has 0 saturated carbocycles. The van der Waals surface area contributed by atoms with Crippen LogP contribution in [0.25, 0.3) is 5.82 Å². The molecule has 6 heteroatoms. The standard InChI is InChI=1S/C10H9BrN4O/c1-6-4-7(11)10(13-5-6)15-3-2-8(14-15)9(12)16/h2-5H,1H3,(H2,12,16). The SMILES string of the molecule is Cc1cnc(-n2ccc(C(N)=O)n2)c(Br)c1. The van der Waals surface area contributed by atoms with Crippen molar-refractivity contribution in [3.05, 3.63) is 40.3 Å². The molecule has 16 heavy (non-hydrogen) atoms. The lowest BCUT2D eigenvalue weighted by atomic mass is 10.3. The van der Waals surface area contributed by atoms with Crippen molar-refractivity contribution in [2.45, 2.75) is 6.92 Å². The van der Waals surface area contributed by atoms with Gasteiger partial charge < -0.3 is 5.73 Å². The minimum Gasteiger partial charge on any atom is -0.364 e. The van der Waals surface area contributed by atoms with Gasteiger partial charge in [-0.1, -0.05) is 0 Å². The van der Waals surface area contributed by atoms with Crippen molar-refractivity contribution < 1.29 is 4.79 Å². The first-order valence-corrected chi connectivity index (χ1v) is 5.35. The van der Waals surface area contributed by atoms with Gasteiger partial charge >= 0.3 is 0 Å². The molecule has 0 aromatic carbocycles. The Kier molecular flexibility index (Phi) is 2.74. The highest BCUT2D eigenvalue weighted by molar-refractivity contribution is 9.10. The van der Waals surface area contributed by atoms with Gasteiger partial charge in [0.15, 0.2) is 5.82 Å². The molecular weight excluding hydrogens is 272 g/mol. The summed E-state index contributed by atoms with van der Waals surface area (Å²) in [6, 6.07) is 3.48. The average Bonchev–Trinajstić information content (AvgIpc) is 2.66. The maximum atomic E-state index is 10.9. The molecule has 0 bridgehead atoms. The lowest BCUT2D eigenvalue weighted by Crippen LogP contribution is -2.12. The number of nitrogens with zero attached hydrogens (tertiary/aromatic N) is 3. The molecule has 0 aliphatic heterocycles. The van der Waals surface area contributed by atoms with Crippen LogP contribution in [-0.4, -0.2) is 20.7 Å². The summed E-state index contributed by atoms with van der Waals surface area (Å²) in [5.41, 5.74) is 6.38. The van der Waals surface area contributed by atoms with E-state index in [4.69, 9.17) is 5.73 Å². The van der Waals surface area contributed by atoms with Crippen LogP contribution in [0.1, 0.15) is 16.1 Å². The average molecular weight is 281 g/mol. The minimum absolute atomic E-state index is 0.217. The summed E-state index contributed by atoms with van der Waals surface area (Å²) in [6.45, 7) is 1.94. The van der Waals surface area contributed by atoms with Gasteiger partial charge in [0.1, 0.15) is 5.69 Å². The van der Waals surface area contributed by atoms with E-state index in [1.165, 1.54) is 4.68 Å². The highest BCUT2D eigenvalue weighted by atomic mass is 79.9. The third-order valence-electron chi connectivity index (χ3n) is 2.02. The van der Waals surface area contributed by atoms with Crippen LogP contribution in [0.4, 0.5) is 0 Å². The van der Waals surface area contributed by atoms with E-state index in [0.29, 0.717) is 5.82 Å². The number of aryl methyl sites for hydroxylation is 1. The second-order valence-corrected chi connectivity index (χ2v) is 4.18. The van der Waals surface area contributed by atoms with Crippen molar-refractivity contribution in [3.63, 3.8) is 0 Å². The van der Waals surface area contributed by atoms with E-state index >= 15 is 0 Å². The third kappa shape index (κ3) is 1.96. The molecule has 1 amide bonds. The molecule has 0 spiro atoms. The fourth-order valence-corrected chi connectivity index (χ4v) is 1.91. The van der Waals surface area contributed by atoms with Crippen LogP contribution in [-0.2, 0) is 0 Å². The van der Waals surface area contributed by atoms with Crippen molar-refractivity contribution in [2.75, 3.05) is 0 Å². The first-order chi connectivity index (χ1) is 7.58. The van der Waals surface area contributed by atoms with Crippen LogP contribution in [0.15, 0.2) is 29.0 Å². The molecule has 5 nitrogen and oxygen atoms in total. The summed E-state index contributed by atoms with van der Waals surface area (Å²) >= 11 is 3.39. The van der Waals surface area contributed by atoms with Crippen LogP contribution in [0.3, 0.4) is 0 Å². The number of carbonyl (C=O) groups is 1. The topological polar surface area (TPSA) is 73.8 Å². The molecule has 2 heterocycles. The van der Waals surface area contributed by atoms with E-state index in [1.54, 1.807) is 18.5 Å². The molecule has 0 aliphatic carbocycles. The number of primary amides is 1. The predicted octanol–water partition coefficient (Wildman–Crippen LogP) is 1.44. The monoisotopic (exact) mass is 280 g/mol. The lowest BCUT2D eigenvalue weighted by Gasteiger charge is -2.03. The summed E-state index contributed by atoms with van der Waals surface area (Å²) in [5, 5.41) is 4.02. The van der Waals surface area contributed by atoms with Crippen molar-refractivity contribution in [3.8, 4) is 5.82 Å². The Labute approximate surface area is 100 Å². The van der Waals surface area contributed by atoms with Gasteiger partial charge in [-0.2, -0.15) is 5.10 Å². The number of halogens is 1. The summed E-state index contributed by atoms with van der Waals surface area (Å²) in [7, 11) is 0. The molecule has 0 aliphatic rings.